The molecule has 90 valence electrons. The maximum absolute atomic E-state index is 8.94. The van der Waals surface area contributed by atoms with Gasteiger partial charge in [-0.1, -0.05) is 19.4 Å². The number of allylic oxidation sites excluding steroid dienone is 2. The van der Waals surface area contributed by atoms with Crippen LogP contribution in [0.25, 0.3) is 0 Å². The summed E-state index contributed by atoms with van der Waals surface area (Å²) in [4.78, 5) is 4.29. The molecule has 3 heteroatoms. The second-order valence-corrected chi connectivity index (χ2v) is 3.90. The molecule has 0 atom stereocenters. The summed E-state index contributed by atoms with van der Waals surface area (Å²) in [5, 5.41) is 17.8. The summed E-state index contributed by atoms with van der Waals surface area (Å²) < 4.78 is 0. The molecule has 18 heavy (non-hydrogen) atoms. The monoisotopic (exact) mass is 237 g/mol. The van der Waals surface area contributed by atoms with Crippen molar-refractivity contribution in [2.45, 2.75) is 26.7 Å². The fourth-order valence-corrected chi connectivity index (χ4v) is 1.47. The first kappa shape index (κ1) is 13.7. The summed E-state index contributed by atoms with van der Waals surface area (Å²) >= 11 is 0. The average molecular weight is 237 g/mol. The molecule has 0 aliphatic heterocycles. The summed E-state index contributed by atoms with van der Waals surface area (Å²) in [6.07, 6.45) is 7.80. The third kappa shape index (κ3) is 3.57. The molecule has 0 unspecified atom stereocenters. The Kier molecular flexibility index (Phi) is 5.35. The number of nitriles is 2. The minimum absolute atomic E-state index is 0.368. The topological polar surface area (TPSA) is 59.9 Å². The predicted molar refractivity (Wildman–Crippen MR) is 72.8 cm³/mol. The molecule has 1 aromatic carbocycles. The van der Waals surface area contributed by atoms with Crippen LogP contribution in [0.4, 0.5) is 5.69 Å². The van der Waals surface area contributed by atoms with Gasteiger partial charge in [0.25, 0.3) is 0 Å². The van der Waals surface area contributed by atoms with E-state index in [2.05, 4.69) is 11.9 Å². The molecule has 0 aliphatic carbocycles. The molecule has 0 saturated heterocycles. The second kappa shape index (κ2) is 7.04. The molecule has 3 nitrogen and oxygen atoms in total. The summed E-state index contributed by atoms with van der Waals surface area (Å²) in [6.45, 7) is 4.00. The molecule has 0 aliphatic rings. The Labute approximate surface area is 108 Å². The Morgan fingerprint density at radius 2 is 1.89 bits per heavy atom. The Morgan fingerprint density at radius 1 is 1.22 bits per heavy atom. The number of benzene rings is 1. The lowest BCUT2D eigenvalue weighted by Crippen LogP contribution is -1.86. The van der Waals surface area contributed by atoms with Gasteiger partial charge in [-0.25, -0.2) is 0 Å². The minimum atomic E-state index is 0.368. The molecule has 0 amide bonds. The van der Waals surface area contributed by atoms with E-state index in [0.29, 0.717) is 11.1 Å². The first-order chi connectivity index (χ1) is 8.72. The van der Waals surface area contributed by atoms with Gasteiger partial charge in [-0.3, -0.25) is 4.99 Å². The number of hydrogen-bond donors (Lipinski definition) is 0. The van der Waals surface area contributed by atoms with E-state index >= 15 is 0 Å². The summed E-state index contributed by atoms with van der Waals surface area (Å²) in [5.41, 5.74) is 2.39. The first-order valence-corrected chi connectivity index (χ1v) is 5.87. The number of aryl methyl sites for hydroxylation is 1. The highest BCUT2D eigenvalue weighted by molar-refractivity contribution is 5.75. The van der Waals surface area contributed by atoms with Crippen LogP contribution in [0.1, 0.15) is 36.5 Å². The van der Waals surface area contributed by atoms with Gasteiger partial charge in [0, 0.05) is 6.21 Å². The predicted octanol–water partition coefficient (Wildman–Crippen LogP) is 3.80. The number of nitrogens with zero attached hydrogens (tertiary/aromatic N) is 3. The van der Waals surface area contributed by atoms with Crippen LogP contribution in [0.5, 0.6) is 0 Å². The third-order valence-corrected chi connectivity index (χ3v) is 2.47. The van der Waals surface area contributed by atoms with Crippen molar-refractivity contribution in [2.24, 2.45) is 4.99 Å². The maximum atomic E-state index is 8.94. The third-order valence-electron chi connectivity index (χ3n) is 2.47. The van der Waals surface area contributed by atoms with Gasteiger partial charge in [-0.15, -0.1) is 0 Å². The molecular weight excluding hydrogens is 222 g/mol. The molecule has 0 saturated carbocycles. The van der Waals surface area contributed by atoms with Gasteiger partial charge in [0.1, 0.15) is 12.1 Å². The molecule has 0 heterocycles. The van der Waals surface area contributed by atoms with E-state index in [1.54, 1.807) is 18.3 Å². The van der Waals surface area contributed by atoms with Gasteiger partial charge in [0.05, 0.1) is 16.8 Å². The largest absolute Gasteiger partial charge is 0.257 e. The fraction of sp³-hybridized carbons (Fsp3) is 0.267. The van der Waals surface area contributed by atoms with Crippen LogP contribution < -0.4 is 0 Å². The van der Waals surface area contributed by atoms with Crippen molar-refractivity contribution in [3.8, 4) is 12.1 Å². The lowest BCUT2D eigenvalue weighted by Gasteiger charge is -2.01. The van der Waals surface area contributed by atoms with E-state index in [9.17, 15) is 0 Å². The van der Waals surface area contributed by atoms with Crippen molar-refractivity contribution >= 4 is 11.9 Å². The van der Waals surface area contributed by atoms with Crippen LogP contribution in [-0.2, 0) is 0 Å². The fourth-order valence-electron chi connectivity index (χ4n) is 1.47. The molecule has 0 fully saturated rings. The normalized spacial score (nSPS) is 10.7. The number of hydrogen-bond acceptors (Lipinski definition) is 3. The molecule has 1 aromatic rings. The number of rotatable bonds is 4. The summed E-state index contributed by atoms with van der Waals surface area (Å²) in [7, 11) is 0. The number of aliphatic imine (C=N–C) groups is 1. The lowest BCUT2D eigenvalue weighted by molar-refractivity contribution is 0.960. The molecule has 0 radical (unpaired) electrons. The van der Waals surface area contributed by atoms with Crippen molar-refractivity contribution in [1.29, 1.82) is 10.5 Å². The van der Waals surface area contributed by atoms with E-state index < -0.39 is 0 Å². The van der Waals surface area contributed by atoms with Crippen molar-refractivity contribution in [3.05, 3.63) is 41.0 Å². The molecule has 0 aromatic heterocycles. The van der Waals surface area contributed by atoms with E-state index in [1.165, 1.54) is 0 Å². The standard InChI is InChI=1S/C15H15N3/c1-3-4-5-6-7-18-15-9-14(11-17)13(10-16)8-12(15)2/h5-9H,3-4H2,1-2H3/b6-5+,18-7?. The Balaban J connectivity index is 2.98. The summed E-state index contributed by atoms with van der Waals surface area (Å²) in [6, 6.07) is 7.37. The second-order valence-electron chi connectivity index (χ2n) is 3.90. The van der Waals surface area contributed by atoms with Crippen molar-refractivity contribution in [2.75, 3.05) is 0 Å². The molecule has 1 rings (SSSR count). The van der Waals surface area contributed by atoms with E-state index in [0.717, 1.165) is 24.1 Å². The lowest BCUT2D eigenvalue weighted by atomic mass is 10.0. The Hall–Kier alpha value is -2.39. The van der Waals surface area contributed by atoms with Gasteiger partial charge in [-0.2, -0.15) is 10.5 Å². The van der Waals surface area contributed by atoms with Crippen molar-refractivity contribution in [3.63, 3.8) is 0 Å². The van der Waals surface area contributed by atoms with E-state index in [-0.39, 0.29) is 0 Å². The van der Waals surface area contributed by atoms with Crippen molar-refractivity contribution in [1.82, 2.24) is 0 Å². The highest BCUT2D eigenvalue weighted by atomic mass is 14.7. The number of unbranched alkanes of at least 4 members (excludes halogenated alkanes) is 1. The first-order valence-electron chi connectivity index (χ1n) is 5.87. The average Bonchev–Trinajstić information content (AvgIpc) is 2.39. The van der Waals surface area contributed by atoms with Crippen LogP contribution in [0, 0.1) is 29.6 Å². The SMILES string of the molecule is CCC/C=C/C=Nc1cc(C#N)c(C#N)cc1C. The Morgan fingerprint density at radius 3 is 2.50 bits per heavy atom. The molecule has 0 bridgehead atoms. The van der Waals surface area contributed by atoms with E-state index in [4.69, 9.17) is 10.5 Å². The van der Waals surface area contributed by atoms with E-state index in [1.807, 2.05) is 31.2 Å². The zero-order valence-corrected chi connectivity index (χ0v) is 10.6. The quantitative estimate of drug-likeness (QED) is 0.748. The molecule has 0 N–H and O–H groups in total. The van der Waals surface area contributed by atoms with Gasteiger partial charge < -0.3 is 0 Å². The minimum Gasteiger partial charge on any atom is -0.257 e. The van der Waals surface area contributed by atoms with Crippen LogP contribution in [0.2, 0.25) is 0 Å². The Bertz CT molecular complexity index is 554. The van der Waals surface area contributed by atoms with Gasteiger partial charge in [0.15, 0.2) is 0 Å². The zero-order chi connectivity index (χ0) is 13.4. The van der Waals surface area contributed by atoms with Crippen molar-refractivity contribution < 1.29 is 0 Å². The smallest absolute Gasteiger partial charge is 0.101 e. The zero-order valence-electron chi connectivity index (χ0n) is 10.6. The maximum Gasteiger partial charge on any atom is 0.101 e. The van der Waals surface area contributed by atoms with Crippen LogP contribution in [0.3, 0.4) is 0 Å². The van der Waals surface area contributed by atoms with Gasteiger partial charge >= 0.3 is 0 Å². The van der Waals surface area contributed by atoms with Crippen LogP contribution in [-0.4, -0.2) is 6.21 Å². The van der Waals surface area contributed by atoms with Gasteiger partial charge in [-0.05, 0) is 37.1 Å². The van der Waals surface area contributed by atoms with Crippen LogP contribution >= 0.6 is 0 Å². The highest BCUT2D eigenvalue weighted by Gasteiger charge is 2.05. The highest BCUT2D eigenvalue weighted by Crippen LogP contribution is 2.22. The van der Waals surface area contributed by atoms with Gasteiger partial charge in [0.2, 0.25) is 0 Å². The summed E-state index contributed by atoms with van der Waals surface area (Å²) in [5.74, 6) is 0. The molecule has 0 spiro atoms. The van der Waals surface area contributed by atoms with Crippen LogP contribution in [0.15, 0.2) is 29.3 Å². The molecular formula is C15H15N3.